The summed E-state index contributed by atoms with van der Waals surface area (Å²) in [5.41, 5.74) is 0.636. The molecule has 4 nitrogen and oxygen atoms in total. The average Bonchev–Trinajstić information content (AvgIpc) is 2.18. The Morgan fingerprint density at radius 1 is 1.47 bits per heavy atom. The lowest BCUT2D eigenvalue weighted by molar-refractivity contribution is -0.139. The number of nitrogens with one attached hydrogen (secondary N) is 1. The van der Waals surface area contributed by atoms with Gasteiger partial charge in [-0.3, -0.25) is 0 Å². The van der Waals surface area contributed by atoms with Gasteiger partial charge in [0.2, 0.25) is 0 Å². The minimum atomic E-state index is -0.264. The summed E-state index contributed by atoms with van der Waals surface area (Å²) in [5, 5.41) is 3.16. The maximum Gasteiger partial charge on any atom is 0.339 e. The van der Waals surface area contributed by atoms with E-state index in [-0.39, 0.29) is 5.97 Å². The van der Waals surface area contributed by atoms with Crippen molar-refractivity contribution < 1.29 is 14.3 Å². The van der Waals surface area contributed by atoms with Crippen molar-refractivity contribution in [1.29, 1.82) is 0 Å². The quantitative estimate of drug-likeness (QED) is 0.720. The van der Waals surface area contributed by atoms with E-state index in [1.165, 1.54) is 0 Å². The van der Waals surface area contributed by atoms with Gasteiger partial charge in [0.1, 0.15) is 0 Å². The van der Waals surface area contributed by atoms with Crippen LogP contribution in [-0.4, -0.2) is 25.2 Å². The van der Waals surface area contributed by atoms with Crippen LogP contribution in [0, 0.1) is 0 Å². The Labute approximate surface area is 90.6 Å². The van der Waals surface area contributed by atoms with E-state index in [1.807, 2.05) is 6.92 Å². The minimum Gasteiger partial charge on any atom is -0.479 e. The molecule has 0 saturated heterocycles. The predicted octanol–water partition coefficient (Wildman–Crippen LogP) is 1.57. The number of hydrogen-bond acceptors (Lipinski definition) is 4. The molecule has 1 heterocycles. The zero-order valence-electron chi connectivity index (χ0n) is 9.63. The summed E-state index contributed by atoms with van der Waals surface area (Å²) >= 11 is 0. The third-order valence-electron chi connectivity index (χ3n) is 2.29. The fraction of sp³-hybridized carbons (Fsp3) is 0.727. The highest BCUT2D eigenvalue weighted by atomic mass is 16.5. The van der Waals surface area contributed by atoms with Crippen molar-refractivity contribution in [2.75, 3.05) is 13.2 Å². The Morgan fingerprint density at radius 2 is 2.20 bits per heavy atom. The summed E-state index contributed by atoms with van der Waals surface area (Å²) in [5.74, 6) is 0.329. The summed E-state index contributed by atoms with van der Waals surface area (Å²) < 4.78 is 10.4. The van der Waals surface area contributed by atoms with Crippen LogP contribution >= 0.6 is 0 Å². The Kier molecular flexibility index (Phi) is 4.46. The van der Waals surface area contributed by atoms with Crippen molar-refractivity contribution in [3.05, 3.63) is 11.5 Å². The summed E-state index contributed by atoms with van der Waals surface area (Å²) in [4.78, 5) is 11.6. The molecule has 0 fully saturated rings. The number of hydrogen-bond donors (Lipinski definition) is 1. The number of carbonyl (C=O) groups is 1. The van der Waals surface area contributed by atoms with E-state index in [2.05, 4.69) is 12.2 Å². The molecule has 15 heavy (non-hydrogen) atoms. The van der Waals surface area contributed by atoms with Gasteiger partial charge < -0.3 is 14.8 Å². The molecule has 0 aromatic carbocycles. The molecule has 0 amide bonds. The van der Waals surface area contributed by atoms with Gasteiger partial charge in [0.05, 0.1) is 18.8 Å². The Morgan fingerprint density at radius 3 is 2.80 bits per heavy atom. The first-order valence-corrected chi connectivity index (χ1v) is 5.48. The Hall–Kier alpha value is -1.19. The van der Waals surface area contributed by atoms with E-state index in [0.29, 0.717) is 30.7 Å². The molecule has 0 radical (unpaired) electrons. The normalized spacial score (nSPS) is 20.9. The molecule has 1 N–H and O–H groups in total. The van der Waals surface area contributed by atoms with Crippen LogP contribution < -0.4 is 5.32 Å². The highest BCUT2D eigenvalue weighted by molar-refractivity contribution is 5.89. The third kappa shape index (κ3) is 3.15. The summed E-state index contributed by atoms with van der Waals surface area (Å²) in [6.07, 6.45) is 1.66. The van der Waals surface area contributed by atoms with Gasteiger partial charge in [-0.1, -0.05) is 0 Å². The lowest BCUT2D eigenvalue weighted by Crippen LogP contribution is -2.34. The van der Waals surface area contributed by atoms with Gasteiger partial charge in [0.25, 0.3) is 0 Å². The van der Waals surface area contributed by atoms with Crippen molar-refractivity contribution in [2.24, 2.45) is 0 Å². The maximum absolute atomic E-state index is 11.6. The SMILES string of the molecule is CCOC(=O)C1=C(OCC)NC(C)CC1. The van der Waals surface area contributed by atoms with Gasteiger partial charge in [-0.2, -0.15) is 0 Å². The fourth-order valence-electron chi connectivity index (χ4n) is 1.54. The molecule has 0 spiro atoms. The molecule has 0 aliphatic carbocycles. The standard InChI is InChI=1S/C11H19NO3/c1-4-14-10-9(11(13)15-5-2)7-6-8(3)12-10/h8,12H,4-7H2,1-3H3. The molecule has 86 valence electrons. The molecule has 4 heteroatoms. The topological polar surface area (TPSA) is 47.6 Å². The van der Waals surface area contributed by atoms with Gasteiger partial charge >= 0.3 is 5.97 Å². The van der Waals surface area contributed by atoms with Crippen LogP contribution in [0.15, 0.2) is 11.5 Å². The maximum atomic E-state index is 11.6. The highest BCUT2D eigenvalue weighted by Crippen LogP contribution is 2.20. The van der Waals surface area contributed by atoms with Crippen molar-refractivity contribution in [2.45, 2.75) is 39.7 Å². The molecule has 0 bridgehead atoms. The summed E-state index contributed by atoms with van der Waals surface area (Å²) in [7, 11) is 0. The number of ether oxygens (including phenoxy) is 2. The van der Waals surface area contributed by atoms with Crippen LogP contribution in [0.5, 0.6) is 0 Å². The van der Waals surface area contributed by atoms with Crippen LogP contribution in [0.4, 0.5) is 0 Å². The number of rotatable bonds is 4. The summed E-state index contributed by atoms with van der Waals surface area (Å²) in [6.45, 7) is 6.73. The van der Waals surface area contributed by atoms with Crippen LogP contribution in [-0.2, 0) is 14.3 Å². The minimum absolute atomic E-state index is 0.264. The van der Waals surface area contributed by atoms with E-state index in [9.17, 15) is 4.79 Å². The van der Waals surface area contributed by atoms with Gasteiger partial charge in [-0.25, -0.2) is 4.79 Å². The van der Waals surface area contributed by atoms with Crippen LogP contribution in [0.1, 0.15) is 33.6 Å². The Bertz CT molecular complexity index is 261. The Balaban J connectivity index is 2.77. The van der Waals surface area contributed by atoms with E-state index in [0.717, 1.165) is 12.8 Å². The highest BCUT2D eigenvalue weighted by Gasteiger charge is 2.24. The smallest absolute Gasteiger partial charge is 0.339 e. The molecular weight excluding hydrogens is 194 g/mol. The zero-order valence-corrected chi connectivity index (χ0v) is 9.63. The lowest BCUT2D eigenvalue weighted by Gasteiger charge is -2.25. The van der Waals surface area contributed by atoms with Gasteiger partial charge in [-0.05, 0) is 33.6 Å². The van der Waals surface area contributed by atoms with Crippen molar-refractivity contribution in [3.8, 4) is 0 Å². The monoisotopic (exact) mass is 213 g/mol. The molecule has 1 aliphatic heterocycles. The largest absolute Gasteiger partial charge is 0.479 e. The van der Waals surface area contributed by atoms with Gasteiger partial charge in [0.15, 0.2) is 5.88 Å². The number of carbonyl (C=O) groups excluding carboxylic acids is 1. The van der Waals surface area contributed by atoms with Crippen molar-refractivity contribution in [1.82, 2.24) is 5.32 Å². The molecule has 1 unspecified atom stereocenters. The molecule has 1 rings (SSSR count). The second-order valence-electron chi connectivity index (χ2n) is 3.55. The first-order valence-electron chi connectivity index (χ1n) is 5.48. The molecule has 0 aromatic heterocycles. The average molecular weight is 213 g/mol. The van der Waals surface area contributed by atoms with Crippen LogP contribution in [0.2, 0.25) is 0 Å². The number of esters is 1. The molecule has 0 saturated carbocycles. The molecule has 0 aromatic rings. The zero-order chi connectivity index (χ0) is 11.3. The second kappa shape index (κ2) is 5.63. The van der Waals surface area contributed by atoms with E-state index < -0.39 is 0 Å². The van der Waals surface area contributed by atoms with Crippen LogP contribution in [0.3, 0.4) is 0 Å². The first-order chi connectivity index (χ1) is 7.19. The van der Waals surface area contributed by atoms with E-state index in [4.69, 9.17) is 9.47 Å². The van der Waals surface area contributed by atoms with Crippen molar-refractivity contribution in [3.63, 3.8) is 0 Å². The van der Waals surface area contributed by atoms with Gasteiger partial charge in [0, 0.05) is 6.04 Å². The molecule has 1 aliphatic rings. The summed E-state index contributed by atoms with van der Waals surface area (Å²) in [6, 6.07) is 0.352. The fourth-order valence-corrected chi connectivity index (χ4v) is 1.54. The van der Waals surface area contributed by atoms with E-state index >= 15 is 0 Å². The van der Waals surface area contributed by atoms with Gasteiger partial charge in [-0.15, -0.1) is 0 Å². The third-order valence-corrected chi connectivity index (χ3v) is 2.29. The predicted molar refractivity (Wildman–Crippen MR) is 57.1 cm³/mol. The second-order valence-corrected chi connectivity index (χ2v) is 3.55. The molecule has 1 atom stereocenters. The van der Waals surface area contributed by atoms with E-state index in [1.54, 1.807) is 6.92 Å². The first kappa shape index (κ1) is 11.9. The van der Waals surface area contributed by atoms with Crippen LogP contribution in [0.25, 0.3) is 0 Å². The lowest BCUT2D eigenvalue weighted by atomic mass is 10.0. The molecular formula is C11H19NO3. The van der Waals surface area contributed by atoms with Crippen molar-refractivity contribution >= 4 is 5.97 Å².